The highest BCUT2D eigenvalue weighted by atomic mass is 79.9. The first-order chi connectivity index (χ1) is 10.0. The van der Waals surface area contributed by atoms with Gasteiger partial charge in [-0.25, -0.2) is 0 Å². The van der Waals surface area contributed by atoms with E-state index in [1.54, 1.807) is 32.4 Å². The Morgan fingerprint density at radius 3 is 2.48 bits per heavy atom. The summed E-state index contributed by atoms with van der Waals surface area (Å²) in [5.41, 5.74) is 1.64. The molecule has 0 aromatic heterocycles. The maximum atomic E-state index is 10.5. The number of ether oxygens (including phenoxy) is 2. The summed E-state index contributed by atoms with van der Waals surface area (Å²) in [7, 11) is 3.16. The first-order valence-electron chi connectivity index (χ1n) is 6.39. The fourth-order valence-electron chi connectivity index (χ4n) is 2.14. The van der Waals surface area contributed by atoms with Gasteiger partial charge in [0.1, 0.15) is 11.5 Å². The third kappa shape index (κ3) is 3.90. The first kappa shape index (κ1) is 16.1. The van der Waals surface area contributed by atoms with Crippen molar-refractivity contribution in [3.8, 4) is 11.5 Å². The van der Waals surface area contributed by atoms with Gasteiger partial charge in [-0.2, -0.15) is 0 Å². The minimum Gasteiger partial charge on any atom is -0.496 e. The van der Waals surface area contributed by atoms with Gasteiger partial charge in [-0.1, -0.05) is 23.7 Å². The predicted octanol–water partition coefficient (Wildman–Crippen LogP) is 4.40. The Labute approximate surface area is 137 Å². The normalized spacial score (nSPS) is 12.0. The summed E-state index contributed by atoms with van der Waals surface area (Å²) in [5.74, 6) is 1.26. The van der Waals surface area contributed by atoms with Crippen molar-refractivity contribution in [3.05, 3.63) is 57.0 Å². The van der Waals surface area contributed by atoms with Crippen LogP contribution >= 0.6 is 27.5 Å². The zero-order valence-corrected chi connectivity index (χ0v) is 14.1. The summed E-state index contributed by atoms with van der Waals surface area (Å²) in [6, 6.07) is 11.0. The van der Waals surface area contributed by atoms with Gasteiger partial charge in [-0.3, -0.25) is 0 Å². The van der Waals surface area contributed by atoms with Crippen molar-refractivity contribution < 1.29 is 14.6 Å². The van der Waals surface area contributed by atoms with E-state index >= 15 is 0 Å². The van der Waals surface area contributed by atoms with Gasteiger partial charge in [-0.05, 0) is 45.8 Å². The van der Waals surface area contributed by atoms with Crippen molar-refractivity contribution in [2.24, 2.45) is 0 Å². The molecule has 112 valence electrons. The molecule has 0 saturated heterocycles. The van der Waals surface area contributed by atoms with Crippen LogP contribution in [0.25, 0.3) is 0 Å². The Hall–Kier alpha value is -1.23. The Morgan fingerprint density at radius 2 is 1.86 bits per heavy atom. The van der Waals surface area contributed by atoms with Gasteiger partial charge >= 0.3 is 0 Å². The number of rotatable bonds is 5. The Kier molecular flexibility index (Phi) is 5.51. The van der Waals surface area contributed by atoms with Gasteiger partial charge < -0.3 is 14.6 Å². The number of benzene rings is 2. The summed E-state index contributed by atoms with van der Waals surface area (Å²) in [5, 5.41) is 11.1. The van der Waals surface area contributed by atoms with Crippen LogP contribution < -0.4 is 9.47 Å². The summed E-state index contributed by atoms with van der Waals surface area (Å²) in [6.07, 6.45) is -0.262. The molecule has 0 fully saturated rings. The maximum Gasteiger partial charge on any atom is 0.133 e. The standard InChI is InChI=1S/C16H16BrClO3/c1-20-15-9-13(17)16(21-2)8-12(15)14(19)7-10-4-3-5-11(18)6-10/h3-6,8-9,14,19H,7H2,1-2H3. The number of methoxy groups -OCH3 is 2. The molecule has 0 aliphatic heterocycles. The van der Waals surface area contributed by atoms with Crippen LogP contribution in [0, 0.1) is 0 Å². The van der Waals surface area contributed by atoms with E-state index in [1.807, 2.05) is 18.2 Å². The van der Waals surface area contributed by atoms with E-state index in [9.17, 15) is 5.11 Å². The molecule has 21 heavy (non-hydrogen) atoms. The number of aliphatic hydroxyl groups is 1. The molecule has 2 rings (SSSR count). The molecule has 0 spiro atoms. The topological polar surface area (TPSA) is 38.7 Å². The number of aliphatic hydroxyl groups excluding tert-OH is 1. The molecule has 0 aliphatic rings. The van der Waals surface area contributed by atoms with Gasteiger partial charge in [0.2, 0.25) is 0 Å². The lowest BCUT2D eigenvalue weighted by molar-refractivity contribution is 0.173. The van der Waals surface area contributed by atoms with Crippen molar-refractivity contribution in [1.29, 1.82) is 0 Å². The third-order valence-corrected chi connectivity index (χ3v) is 4.04. The Balaban J connectivity index is 2.31. The predicted molar refractivity (Wildman–Crippen MR) is 87.4 cm³/mol. The van der Waals surface area contributed by atoms with E-state index in [0.717, 1.165) is 10.0 Å². The summed E-state index contributed by atoms with van der Waals surface area (Å²) in [4.78, 5) is 0. The molecule has 0 heterocycles. The Bertz CT molecular complexity index is 631. The van der Waals surface area contributed by atoms with Crippen LogP contribution in [0.5, 0.6) is 11.5 Å². The fourth-order valence-corrected chi connectivity index (χ4v) is 2.84. The van der Waals surface area contributed by atoms with E-state index in [1.165, 1.54) is 0 Å². The Morgan fingerprint density at radius 1 is 1.14 bits per heavy atom. The van der Waals surface area contributed by atoms with Gasteiger partial charge in [0.05, 0.1) is 24.8 Å². The molecule has 0 radical (unpaired) electrons. The third-order valence-electron chi connectivity index (χ3n) is 3.18. The van der Waals surface area contributed by atoms with Crippen LogP contribution in [-0.2, 0) is 6.42 Å². The molecule has 3 nitrogen and oxygen atoms in total. The largest absolute Gasteiger partial charge is 0.496 e. The molecule has 1 N–H and O–H groups in total. The van der Waals surface area contributed by atoms with Crippen LogP contribution in [0.15, 0.2) is 40.9 Å². The maximum absolute atomic E-state index is 10.5. The quantitative estimate of drug-likeness (QED) is 0.847. The lowest BCUT2D eigenvalue weighted by Crippen LogP contribution is -2.05. The molecule has 5 heteroatoms. The average Bonchev–Trinajstić information content (AvgIpc) is 2.46. The van der Waals surface area contributed by atoms with Gasteiger partial charge in [-0.15, -0.1) is 0 Å². The number of halogens is 2. The summed E-state index contributed by atoms with van der Waals surface area (Å²) in [6.45, 7) is 0. The van der Waals surface area contributed by atoms with Crippen molar-refractivity contribution in [2.45, 2.75) is 12.5 Å². The molecule has 1 atom stereocenters. The smallest absolute Gasteiger partial charge is 0.133 e. The second-order valence-electron chi connectivity index (χ2n) is 4.58. The van der Waals surface area contributed by atoms with Crippen molar-refractivity contribution in [1.82, 2.24) is 0 Å². The molecular weight excluding hydrogens is 356 g/mol. The molecular formula is C16H16BrClO3. The minimum absolute atomic E-state index is 0.446. The summed E-state index contributed by atoms with van der Waals surface area (Å²) < 4.78 is 11.4. The van der Waals surface area contributed by atoms with E-state index in [0.29, 0.717) is 28.5 Å². The minimum atomic E-state index is -0.708. The number of hydrogen-bond acceptors (Lipinski definition) is 3. The lowest BCUT2D eigenvalue weighted by Gasteiger charge is -2.17. The van der Waals surface area contributed by atoms with Crippen LogP contribution in [0.1, 0.15) is 17.2 Å². The average molecular weight is 372 g/mol. The van der Waals surface area contributed by atoms with Gasteiger partial charge in [0, 0.05) is 17.0 Å². The zero-order chi connectivity index (χ0) is 15.4. The molecule has 1 unspecified atom stereocenters. The molecule has 0 bridgehead atoms. The van der Waals surface area contributed by atoms with Crippen molar-refractivity contribution >= 4 is 27.5 Å². The van der Waals surface area contributed by atoms with Crippen LogP contribution in [0.4, 0.5) is 0 Å². The van der Waals surface area contributed by atoms with E-state index < -0.39 is 6.10 Å². The SMILES string of the molecule is COc1cc(C(O)Cc2cccc(Cl)c2)c(OC)cc1Br. The summed E-state index contributed by atoms with van der Waals surface area (Å²) >= 11 is 9.37. The van der Waals surface area contributed by atoms with E-state index in [-0.39, 0.29) is 0 Å². The highest BCUT2D eigenvalue weighted by molar-refractivity contribution is 9.10. The number of hydrogen-bond donors (Lipinski definition) is 1. The van der Waals surface area contributed by atoms with Crippen LogP contribution in [0.2, 0.25) is 5.02 Å². The van der Waals surface area contributed by atoms with E-state index in [2.05, 4.69) is 15.9 Å². The monoisotopic (exact) mass is 370 g/mol. The molecule has 0 saturated carbocycles. The first-order valence-corrected chi connectivity index (χ1v) is 7.56. The molecule has 0 amide bonds. The molecule has 2 aromatic rings. The van der Waals surface area contributed by atoms with Crippen molar-refractivity contribution in [2.75, 3.05) is 14.2 Å². The van der Waals surface area contributed by atoms with Crippen LogP contribution in [-0.4, -0.2) is 19.3 Å². The second-order valence-corrected chi connectivity index (χ2v) is 5.87. The second kappa shape index (κ2) is 7.16. The lowest BCUT2D eigenvalue weighted by atomic mass is 10.0. The zero-order valence-electron chi connectivity index (χ0n) is 11.8. The molecule has 0 aliphatic carbocycles. The van der Waals surface area contributed by atoms with Gasteiger partial charge in [0.25, 0.3) is 0 Å². The fraction of sp³-hybridized carbons (Fsp3) is 0.250. The van der Waals surface area contributed by atoms with Gasteiger partial charge in [0.15, 0.2) is 0 Å². The molecule has 2 aromatic carbocycles. The van der Waals surface area contributed by atoms with Crippen molar-refractivity contribution in [3.63, 3.8) is 0 Å². The van der Waals surface area contributed by atoms with E-state index in [4.69, 9.17) is 21.1 Å². The highest BCUT2D eigenvalue weighted by Crippen LogP contribution is 2.36. The van der Waals surface area contributed by atoms with Crippen LogP contribution in [0.3, 0.4) is 0 Å². The highest BCUT2D eigenvalue weighted by Gasteiger charge is 2.17.